The molecule has 0 bridgehead atoms. The van der Waals surface area contributed by atoms with Crippen LogP contribution >= 0.6 is 23.4 Å². The fourth-order valence-electron chi connectivity index (χ4n) is 2.56. The van der Waals surface area contributed by atoms with E-state index in [1.54, 1.807) is 42.0 Å². The van der Waals surface area contributed by atoms with Crippen LogP contribution in [0.15, 0.2) is 58.8 Å². The minimum Gasteiger partial charge on any atom is -0.462 e. The molecule has 0 aliphatic carbocycles. The number of halogens is 1. The van der Waals surface area contributed by atoms with Crippen molar-refractivity contribution in [2.24, 2.45) is 0 Å². The van der Waals surface area contributed by atoms with Gasteiger partial charge >= 0.3 is 5.97 Å². The second-order valence-electron chi connectivity index (χ2n) is 5.93. The zero-order valence-electron chi connectivity index (χ0n) is 16.1. The monoisotopic (exact) mass is 446 g/mol. The van der Waals surface area contributed by atoms with Crippen molar-refractivity contribution in [1.82, 2.24) is 14.8 Å². The summed E-state index contributed by atoms with van der Waals surface area (Å²) in [5.74, 6) is 0.391. The molecule has 3 aromatic rings. The Kier molecular flexibility index (Phi) is 7.31. The van der Waals surface area contributed by atoms with Crippen molar-refractivity contribution < 1.29 is 18.7 Å². The van der Waals surface area contributed by atoms with Gasteiger partial charge in [0.15, 0.2) is 10.9 Å². The lowest BCUT2D eigenvalue weighted by Gasteiger charge is -2.10. The van der Waals surface area contributed by atoms with Gasteiger partial charge in [-0.3, -0.25) is 9.36 Å². The molecule has 0 fully saturated rings. The number of carbonyl (C=O) groups excluding carboxylic acids is 2. The van der Waals surface area contributed by atoms with E-state index >= 15 is 0 Å². The summed E-state index contributed by atoms with van der Waals surface area (Å²) in [6.45, 7) is 6.18. The first-order valence-electron chi connectivity index (χ1n) is 9.00. The van der Waals surface area contributed by atoms with Crippen molar-refractivity contribution in [1.29, 1.82) is 0 Å². The van der Waals surface area contributed by atoms with E-state index in [0.717, 1.165) is 0 Å². The fraction of sp³-hybridized carbons (Fsp3) is 0.200. The third-order valence-corrected chi connectivity index (χ3v) is 5.15. The summed E-state index contributed by atoms with van der Waals surface area (Å²) in [4.78, 5) is 24.3. The normalized spacial score (nSPS) is 10.6. The number of nitrogens with zero attached hydrogens (tertiary/aromatic N) is 3. The smallest absolute Gasteiger partial charge is 0.338 e. The van der Waals surface area contributed by atoms with Crippen LogP contribution in [0, 0.1) is 0 Å². The zero-order chi connectivity index (χ0) is 21.5. The number of esters is 1. The number of furan rings is 1. The van der Waals surface area contributed by atoms with E-state index in [4.69, 9.17) is 20.8 Å². The maximum atomic E-state index is 12.4. The summed E-state index contributed by atoms with van der Waals surface area (Å²) in [7, 11) is 0. The van der Waals surface area contributed by atoms with Crippen LogP contribution in [-0.4, -0.2) is 39.0 Å². The number of allylic oxidation sites excluding steroid dienone is 1. The largest absolute Gasteiger partial charge is 0.462 e. The molecule has 1 aromatic carbocycles. The van der Waals surface area contributed by atoms with Crippen molar-refractivity contribution in [3.63, 3.8) is 0 Å². The van der Waals surface area contributed by atoms with Crippen LogP contribution in [0.25, 0.3) is 11.6 Å². The molecule has 0 spiro atoms. The van der Waals surface area contributed by atoms with E-state index in [0.29, 0.717) is 39.6 Å². The maximum absolute atomic E-state index is 12.4. The number of anilines is 1. The number of hydrogen-bond acceptors (Lipinski definition) is 7. The van der Waals surface area contributed by atoms with Crippen molar-refractivity contribution in [2.75, 3.05) is 17.7 Å². The van der Waals surface area contributed by atoms with Gasteiger partial charge in [0.1, 0.15) is 0 Å². The third-order valence-electron chi connectivity index (χ3n) is 3.85. The Hall–Kier alpha value is -3.04. The summed E-state index contributed by atoms with van der Waals surface area (Å²) in [5.41, 5.74) is 0.634. The summed E-state index contributed by atoms with van der Waals surface area (Å²) in [6.07, 6.45) is 3.26. The first kappa shape index (κ1) is 21.7. The van der Waals surface area contributed by atoms with Crippen LogP contribution in [0.1, 0.15) is 17.3 Å². The fourth-order valence-corrected chi connectivity index (χ4v) is 3.47. The van der Waals surface area contributed by atoms with Crippen LogP contribution in [0.4, 0.5) is 5.69 Å². The van der Waals surface area contributed by atoms with Crippen LogP contribution in [0.2, 0.25) is 5.02 Å². The molecule has 0 saturated carbocycles. The molecule has 0 saturated heterocycles. The molecular weight excluding hydrogens is 428 g/mol. The summed E-state index contributed by atoms with van der Waals surface area (Å²) in [6, 6.07) is 8.10. The number of rotatable bonds is 9. The highest BCUT2D eigenvalue weighted by Gasteiger charge is 2.17. The Morgan fingerprint density at radius 3 is 2.90 bits per heavy atom. The van der Waals surface area contributed by atoms with E-state index in [9.17, 15) is 9.59 Å². The SMILES string of the molecule is C=CCn1c(SCC(=O)Nc2cc(C(=O)OCC)ccc2Cl)nnc1-c1ccco1. The predicted molar refractivity (Wildman–Crippen MR) is 115 cm³/mol. The summed E-state index contributed by atoms with van der Waals surface area (Å²) >= 11 is 7.35. The van der Waals surface area contributed by atoms with Crippen LogP contribution in [0.3, 0.4) is 0 Å². The highest BCUT2D eigenvalue weighted by Crippen LogP contribution is 2.26. The molecule has 0 unspecified atom stereocenters. The van der Waals surface area contributed by atoms with Gasteiger partial charge in [0.05, 0.1) is 34.9 Å². The maximum Gasteiger partial charge on any atom is 0.338 e. The number of carbonyl (C=O) groups is 2. The molecule has 3 rings (SSSR count). The van der Waals surface area contributed by atoms with E-state index in [1.165, 1.54) is 23.9 Å². The van der Waals surface area contributed by atoms with E-state index in [2.05, 4.69) is 22.1 Å². The van der Waals surface area contributed by atoms with Crippen LogP contribution in [-0.2, 0) is 16.1 Å². The number of ether oxygens (including phenoxy) is 1. The molecule has 8 nitrogen and oxygen atoms in total. The Balaban J connectivity index is 1.69. The highest BCUT2D eigenvalue weighted by molar-refractivity contribution is 7.99. The predicted octanol–water partition coefficient (Wildman–Crippen LogP) is 4.29. The second-order valence-corrected chi connectivity index (χ2v) is 7.28. The molecule has 156 valence electrons. The molecule has 0 aliphatic heterocycles. The zero-order valence-corrected chi connectivity index (χ0v) is 17.7. The average Bonchev–Trinajstić information content (AvgIpc) is 3.38. The number of hydrogen-bond donors (Lipinski definition) is 1. The van der Waals surface area contributed by atoms with E-state index in [1.807, 2.05) is 0 Å². The molecule has 1 N–H and O–H groups in total. The lowest BCUT2D eigenvalue weighted by molar-refractivity contribution is -0.113. The van der Waals surface area contributed by atoms with Crippen molar-refractivity contribution in [3.8, 4) is 11.6 Å². The van der Waals surface area contributed by atoms with Gasteiger partial charge in [0.2, 0.25) is 11.7 Å². The van der Waals surface area contributed by atoms with Gasteiger partial charge in [-0.25, -0.2) is 4.79 Å². The van der Waals surface area contributed by atoms with Gasteiger partial charge in [0.25, 0.3) is 0 Å². The van der Waals surface area contributed by atoms with Crippen LogP contribution in [0.5, 0.6) is 0 Å². The van der Waals surface area contributed by atoms with Gasteiger partial charge in [-0.1, -0.05) is 29.4 Å². The molecule has 2 aromatic heterocycles. The Bertz CT molecular complexity index is 1050. The second kappa shape index (κ2) is 10.1. The number of benzene rings is 1. The van der Waals surface area contributed by atoms with E-state index < -0.39 is 5.97 Å². The Labute approximate surface area is 182 Å². The highest BCUT2D eigenvalue weighted by atomic mass is 35.5. The first-order valence-corrected chi connectivity index (χ1v) is 10.4. The molecule has 0 aliphatic rings. The van der Waals surface area contributed by atoms with Crippen molar-refractivity contribution >= 4 is 40.9 Å². The topological polar surface area (TPSA) is 99.2 Å². The molecule has 30 heavy (non-hydrogen) atoms. The van der Waals surface area contributed by atoms with Crippen molar-refractivity contribution in [2.45, 2.75) is 18.6 Å². The quantitative estimate of drug-likeness (QED) is 0.297. The lowest BCUT2D eigenvalue weighted by atomic mass is 10.2. The summed E-state index contributed by atoms with van der Waals surface area (Å²) < 4.78 is 12.2. The summed E-state index contributed by atoms with van der Waals surface area (Å²) in [5, 5.41) is 11.9. The standard InChI is InChI=1S/C20H19ClN4O4S/c1-3-9-25-18(16-6-5-10-29-16)23-24-20(25)30-12-17(26)22-15-11-13(7-8-14(15)21)19(27)28-4-2/h3,5-8,10-11H,1,4,9,12H2,2H3,(H,22,26). The molecule has 0 atom stereocenters. The van der Waals surface area contributed by atoms with Gasteiger partial charge in [0, 0.05) is 6.54 Å². The van der Waals surface area contributed by atoms with Gasteiger partial charge in [-0.2, -0.15) is 0 Å². The molecule has 10 heteroatoms. The minimum atomic E-state index is -0.484. The minimum absolute atomic E-state index is 0.0629. The molecular formula is C20H19ClN4O4S. The van der Waals surface area contributed by atoms with Gasteiger partial charge < -0.3 is 14.5 Å². The number of nitrogens with one attached hydrogen (secondary N) is 1. The average molecular weight is 447 g/mol. The number of aromatic nitrogens is 3. The van der Waals surface area contributed by atoms with Crippen LogP contribution < -0.4 is 5.32 Å². The van der Waals surface area contributed by atoms with Gasteiger partial charge in [-0.15, -0.1) is 16.8 Å². The Morgan fingerprint density at radius 1 is 1.37 bits per heavy atom. The van der Waals surface area contributed by atoms with E-state index in [-0.39, 0.29) is 18.3 Å². The molecule has 0 radical (unpaired) electrons. The van der Waals surface area contributed by atoms with Gasteiger partial charge in [-0.05, 0) is 37.3 Å². The van der Waals surface area contributed by atoms with Crippen molar-refractivity contribution in [3.05, 3.63) is 59.8 Å². The molecule has 1 amide bonds. The third kappa shape index (κ3) is 5.11. The molecule has 2 heterocycles. The number of amides is 1. The lowest BCUT2D eigenvalue weighted by Crippen LogP contribution is -2.16. The first-order chi connectivity index (χ1) is 14.5. The Morgan fingerprint density at radius 2 is 2.20 bits per heavy atom. The number of thioether (sulfide) groups is 1.